The van der Waals surface area contributed by atoms with Crippen LogP contribution < -0.4 is 4.89 Å². The number of nitrogens with zero attached hydrogens (tertiary/aromatic N) is 1. The van der Waals surface area contributed by atoms with E-state index in [0.717, 1.165) is 96.3 Å². The van der Waals surface area contributed by atoms with Crippen molar-refractivity contribution in [3.63, 3.8) is 0 Å². The zero-order valence-electron chi connectivity index (χ0n) is 63.6. The molecule has 0 heterocycles. The molecule has 0 amide bonds. The summed E-state index contributed by atoms with van der Waals surface area (Å²) in [6.07, 6.45) is 108. The SMILES string of the molecule is CC/C=C\C/C=C\C/C=C\C/C=C\C/C=C\C/C=C\C/C=C\C/C=C\C/C=C\CCCCCC(=O)OC(COC(=O)CCCCCCCCCCCCCCCCCCCCCCCCCCCCCCCCCCCCCCCCCCC)COP(=O)([O-])OCC[N+](C)(C)C. The van der Waals surface area contributed by atoms with E-state index in [-0.39, 0.29) is 32.0 Å². The normalized spacial score (nSPS) is 13.6. The monoisotopic (exact) mass is 1360 g/mol. The van der Waals surface area contributed by atoms with Crippen LogP contribution >= 0.6 is 7.82 Å². The number of phosphoric acid groups is 1. The second-order valence-corrected chi connectivity index (χ2v) is 29.8. The van der Waals surface area contributed by atoms with E-state index in [1.165, 1.54) is 244 Å². The van der Waals surface area contributed by atoms with Crippen molar-refractivity contribution >= 4 is 19.8 Å². The van der Waals surface area contributed by atoms with E-state index < -0.39 is 26.5 Å². The molecule has 96 heavy (non-hydrogen) atoms. The number of hydrogen-bond acceptors (Lipinski definition) is 8. The number of carbonyl (C=O) groups excluding carboxylic acids is 2. The maximum Gasteiger partial charge on any atom is 0.306 e. The molecule has 0 radical (unpaired) electrons. The minimum absolute atomic E-state index is 0.0418. The van der Waals surface area contributed by atoms with E-state index in [9.17, 15) is 19.0 Å². The van der Waals surface area contributed by atoms with E-state index in [1.54, 1.807) is 0 Å². The number of ether oxygens (including phenoxy) is 2. The third-order valence-corrected chi connectivity index (χ3v) is 18.8. The molecule has 2 atom stereocenters. The first-order valence-corrected chi connectivity index (χ1v) is 42.1. The van der Waals surface area contributed by atoms with Crippen molar-refractivity contribution in [3.05, 3.63) is 109 Å². The molecule has 0 spiro atoms. The first-order chi connectivity index (χ1) is 47.0. The van der Waals surface area contributed by atoms with Gasteiger partial charge in [0.05, 0.1) is 27.7 Å². The Morgan fingerprint density at radius 3 is 0.885 bits per heavy atom. The molecule has 0 aromatic heterocycles. The minimum atomic E-state index is -4.66. The van der Waals surface area contributed by atoms with E-state index in [0.29, 0.717) is 17.4 Å². The number of allylic oxidation sites excluding steroid dienone is 18. The average Bonchev–Trinajstić information content (AvgIpc) is 1.97. The molecule has 0 saturated carbocycles. The molecule has 10 heteroatoms. The highest BCUT2D eigenvalue weighted by Crippen LogP contribution is 2.38. The van der Waals surface area contributed by atoms with Gasteiger partial charge in [0.25, 0.3) is 7.82 Å². The van der Waals surface area contributed by atoms with Crippen molar-refractivity contribution in [3.8, 4) is 0 Å². The van der Waals surface area contributed by atoms with Crippen LogP contribution in [-0.2, 0) is 32.7 Å². The number of hydrogen-bond donors (Lipinski definition) is 0. The summed E-state index contributed by atoms with van der Waals surface area (Å²) in [5.41, 5.74) is 0. The topological polar surface area (TPSA) is 111 Å². The summed E-state index contributed by atoms with van der Waals surface area (Å²) in [6.45, 7) is 4.13. The van der Waals surface area contributed by atoms with Crippen molar-refractivity contribution in [1.82, 2.24) is 0 Å². The number of carbonyl (C=O) groups is 2. The predicted octanol–water partition coefficient (Wildman–Crippen LogP) is 26.5. The lowest BCUT2D eigenvalue weighted by Crippen LogP contribution is -2.37. The van der Waals surface area contributed by atoms with Crippen LogP contribution in [0.25, 0.3) is 0 Å². The molecule has 9 nitrogen and oxygen atoms in total. The summed E-state index contributed by atoms with van der Waals surface area (Å²) in [5.74, 6) is -0.865. The van der Waals surface area contributed by atoms with Gasteiger partial charge >= 0.3 is 11.9 Å². The Kier molecular flexibility index (Phi) is 73.2. The Balaban J connectivity index is 3.97. The smallest absolute Gasteiger partial charge is 0.306 e. The van der Waals surface area contributed by atoms with Gasteiger partial charge in [-0.15, -0.1) is 0 Å². The molecule has 0 aromatic rings. The van der Waals surface area contributed by atoms with Crippen LogP contribution in [0.15, 0.2) is 109 Å². The largest absolute Gasteiger partial charge is 0.756 e. The number of unbranched alkanes of at least 4 members (excludes halogenated alkanes) is 43. The molecular weight excluding hydrogens is 1210 g/mol. The lowest BCUT2D eigenvalue weighted by atomic mass is 10.0. The Morgan fingerprint density at radius 1 is 0.333 bits per heavy atom. The van der Waals surface area contributed by atoms with Crippen molar-refractivity contribution in [2.24, 2.45) is 0 Å². The van der Waals surface area contributed by atoms with Crippen LogP contribution in [0, 0.1) is 0 Å². The molecule has 0 N–H and O–H groups in total. The van der Waals surface area contributed by atoms with Gasteiger partial charge in [-0.05, 0) is 83.5 Å². The third kappa shape index (κ3) is 79.7. The first-order valence-electron chi connectivity index (χ1n) is 40.6. The van der Waals surface area contributed by atoms with Crippen LogP contribution in [0.3, 0.4) is 0 Å². The molecule has 0 bridgehead atoms. The van der Waals surface area contributed by atoms with Crippen LogP contribution in [-0.4, -0.2) is 70.0 Å². The van der Waals surface area contributed by atoms with Crippen LogP contribution in [0.5, 0.6) is 0 Å². The molecule has 0 aliphatic carbocycles. The van der Waals surface area contributed by atoms with Gasteiger partial charge in [0.2, 0.25) is 0 Å². The second-order valence-electron chi connectivity index (χ2n) is 28.4. The summed E-state index contributed by atoms with van der Waals surface area (Å²) in [4.78, 5) is 38.1. The van der Waals surface area contributed by atoms with Gasteiger partial charge in [-0.2, -0.15) is 0 Å². The Labute approximate surface area is 595 Å². The highest BCUT2D eigenvalue weighted by Gasteiger charge is 2.22. The molecule has 556 valence electrons. The predicted molar refractivity (Wildman–Crippen MR) is 415 cm³/mol. The fourth-order valence-electron chi connectivity index (χ4n) is 11.7. The molecule has 2 unspecified atom stereocenters. The molecule has 0 aliphatic heterocycles. The maximum absolute atomic E-state index is 12.9. The Bertz CT molecular complexity index is 1990. The van der Waals surface area contributed by atoms with E-state index in [4.69, 9.17) is 18.5 Å². The van der Waals surface area contributed by atoms with E-state index >= 15 is 0 Å². The number of phosphoric ester groups is 1. The summed E-state index contributed by atoms with van der Waals surface area (Å²) in [6, 6.07) is 0. The number of quaternary nitrogens is 1. The van der Waals surface area contributed by atoms with Crippen LogP contribution in [0.1, 0.15) is 373 Å². The first kappa shape index (κ1) is 92.7. The fourth-order valence-corrected chi connectivity index (χ4v) is 12.4. The third-order valence-electron chi connectivity index (χ3n) is 17.8. The van der Waals surface area contributed by atoms with Crippen molar-refractivity contribution in [1.29, 1.82) is 0 Å². The van der Waals surface area contributed by atoms with Gasteiger partial charge in [-0.3, -0.25) is 14.2 Å². The number of rotatable bonds is 75. The van der Waals surface area contributed by atoms with Crippen LogP contribution in [0.4, 0.5) is 0 Å². The number of esters is 2. The lowest BCUT2D eigenvalue weighted by molar-refractivity contribution is -0.870. The molecule has 0 rings (SSSR count). The molecule has 0 aromatic carbocycles. The average molecular weight is 1360 g/mol. The van der Waals surface area contributed by atoms with Gasteiger partial charge in [0, 0.05) is 12.8 Å². The van der Waals surface area contributed by atoms with Gasteiger partial charge in [-0.25, -0.2) is 0 Å². The molecule has 0 aliphatic rings. The van der Waals surface area contributed by atoms with Crippen molar-refractivity contribution in [2.75, 3.05) is 47.5 Å². The highest BCUT2D eigenvalue weighted by molar-refractivity contribution is 7.45. The van der Waals surface area contributed by atoms with Crippen molar-refractivity contribution in [2.45, 2.75) is 380 Å². The maximum atomic E-state index is 12.9. The molecule has 0 saturated heterocycles. The summed E-state index contributed by atoms with van der Waals surface area (Å²) in [5, 5.41) is 0. The van der Waals surface area contributed by atoms with Gasteiger partial charge in [-0.1, -0.05) is 386 Å². The minimum Gasteiger partial charge on any atom is -0.756 e. The zero-order valence-corrected chi connectivity index (χ0v) is 64.5. The van der Waals surface area contributed by atoms with Gasteiger partial charge < -0.3 is 27.9 Å². The fraction of sp³-hybridized carbons (Fsp3) is 0.767. The Morgan fingerprint density at radius 2 is 0.594 bits per heavy atom. The standard InChI is InChI=1S/C86H154NO8P/c1-6-8-10-12-14-16-18-20-22-24-26-28-30-32-34-36-38-39-40-41-42-43-44-45-46-47-49-50-52-54-56-58-60-62-64-66-68-70-72-74-76-78-85(88)92-82-84(83-94-96(90,91)93-81-80-87(3,4)5)95-86(89)79-77-75-73-71-69-67-65-63-61-59-57-55-53-51-48-37-35-33-31-29-27-25-23-21-19-17-15-13-11-9-7-2/h9,11,15,17,21,23,27,29,33,35,48,51,55,57,61,63,67,69,84H,6-8,10,12-14,16,18-20,22,24-26,28,30-32,34,36-47,49-50,52-54,56,58-60,62,64-66,68,70-83H2,1-5H3/b11-9-,17-15-,23-21-,29-27-,35-33-,51-48-,57-55-,63-61-,69-67-. The summed E-state index contributed by atoms with van der Waals surface area (Å²) < 4.78 is 34.3. The van der Waals surface area contributed by atoms with Gasteiger partial charge in [0.15, 0.2) is 6.10 Å². The lowest BCUT2D eigenvalue weighted by Gasteiger charge is -2.28. The number of likely N-dealkylation sites (N-methyl/N-ethyl adjacent to an activating group) is 1. The van der Waals surface area contributed by atoms with Crippen LogP contribution in [0.2, 0.25) is 0 Å². The summed E-state index contributed by atoms with van der Waals surface area (Å²) in [7, 11) is 1.14. The van der Waals surface area contributed by atoms with E-state index in [2.05, 4.69) is 123 Å². The Hall–Kier alpha value is -3.33. The molecular formula is C86H154NO8P. The highest BCUT2D eigenvalue weighted by atomic mass is 31.2. The van der Waals surface area contributed by atoms with Gasteiger partial charge in [0.1, 0.15) is 19.8 Å². The molecule has 0 fully saturated rings. The zero-order chi connectivity index (χ0) is 69.7. The van der Waals surface area contributed by atoms with Crippen molar-refractivity contribution < 1.29 is 42.1 Å². The second kappa shape index (κ2) is 75.9. The summed E-state index contributed by atoms with van der Waals surface area (Å²) >= 11 is 0. The van der Waals surface area contributed by atoms with E-state index in [1.807, 2.05) is 21.1 Å². The quantitative estimate of drug-likeness (QED) is 0.0195.